The predicted octanol–water partition coefficient (Wildman–Crippen LogP) is 8.44. The van der Waals surface area contributed by atoms with Gasteiger partial charge in [-0.05, 0) is 124 Å². The molecular formula is C61H70N10O11S. The Kier molecular flexibility index (Phi) is 14.2. The van der Waals surface area contributed by atoms with Gasteiger partial charge in [-0.2, -0.15) is 4.98 Å². The molecule has 5 fully saturated rings. The average molecular weight is 1150 g/mol. The lowest BCUT2D eigenvalue weighted by Crippen LogP contribution is -2.60. The van der Waals surface area contributed by atoms with Crippen LogP contribution in [-0.2, 0) is 30.8 Å². The molecule has 3 aromatic heterocycles. The van der Waals surface area contributed by atoms with Crippen molar-refractivity contribution in [2.75, 3.05) is 87.5 Å². The van der Waals surface area contributed by atoms with Gasteiger partial charge in [0.2, 0.25) is 5.88 Å². The molecule has 10 heterocycles. The molecule has 5 atom stereocenters. The quantitative estimate of drug-likeness (QED) is 0.0771. The van der Waals surface area contributed by atoms with Crippen LogP contribution in [-0.4, -0.2) is 147 Å². The fourth-order valence-corrected chi connectivity index (χ4v) is 15.5. The first-order chi connectivity index (χ1) is 40.3. The number of rotatable bonds is 12. The fraction of sp³-hybridized carbons (Fsp3) is 0.492. The van der Waals surface area contributed by atoms with Crippen LogP contribution in [0, 0.1) is 21.4 Å². The van der Waals surface area contributed by atoms with Crippen LogP contribution in [0.3, 0.4) is 0 Å². The molecule has 14 rings (SSSR count). The SMILES string of the molecule is CC(C)Oc1ccccc1[C@@H]1CN([C@H]2COCc3ccncc32)CCN1C1CC2(CCN(c3ccc(C(=O)NS(=O)(=O)c4cc5c(c([N+](=O)[O-])c4)N[C@H](C4CCOCC4)CO5)c(N4c5cc6cc[nH]c6nc5O[C@H]5COCC[C@@H]54)c3)CC2)C1. The molecule has 4 saturated heterocycles. The molecule has 0 radical (unpaired) electrons. The number of ether oxygens (including phenoxy) is 6. The summed E-state index contributed by atoms with van der Waals surface area (Å²) in [4.78, 5) is 48.9. The first kappa shape index (κ1) is 53.9. The Morgan fingerprint density at radius 2 is 1.72 bits per heavy atom. The lowest BCUT2D eigenvalue weighted by molar-refractivity contribution is -0.384. The molecule has 1 aliphatic carbocycles. The Morgan fingerprint density at radius 1 is 0.892 bits per heavy atom. The fourth-order valence-electron chi connectivity index (χ4n) is 14.5. The van der Waals surface area contributed by atoms with Crippen LogP contribution in [0.1, 0.15) is 97.9 Å². The van der Waals surface area contributed by atoms with Crippen LogP contribution in [0.2, 0.25) is 0 Å². The van der Waals surface area contributed by atoms with E-state index in [0.717, 1.165) is 94.1 Å². The zero-order valence-corrected chi connectivity index (χ0v) is 47.6. The highest BCUT2D eigenvalue weighted by Gasteiger charge is 2.51. The molecule has 436 valence electrons. The number of nitrogens with one attached hydrogen (secondary N) is 3. The second-order valence-electron chi connectivity index (χ2n) is 24.0. The van der Waals surface area contributed by atoms with Crippen molar-refractivity contribution in [3.8, 4) is 17.4 Å². The molecule has 7 aliphatic heterocycles. The van der Waals surface area contributed by atoms with E-state index in [1.807, 2.05) is 42.9 Å². The summed E-state index contributed by atoms with van der Waals surface area (Å²) in [5.41, 5.74) is 6.22. The number of H-pyrrole nitrogens is 1. The van der Waals surface area contributed by atoms with Crippen molar-refractivity contribution in [1.29, 1.82) is 0 Å². The monoisotopic (exact) mass is 1150 g/mol. The number of hydrogen-bond donors (Lipinski definition) is 3. The summed E-state index contributed by atoms with van der Waals surface area (Å²) in [6.45, 7) is 11.8. The number of anilines is 4. The minimum atomic E-state index is -4.72. The topological polar surface area (TPSA) is 228 Å². The molecule has 0 unspecified atom stereocenters. The lowest BCUT2D eigenvalue weighted by Gasteiger charge is -2.58. The van der Waals surface area contributed by atoms with Gasteiger partial charge in [0.05, 0.1) is 71.2 Å². The molecule has 0 bridgehead atoms. The van der Waals surface area contributed by atoms with Crippen LogP contribution >= 0.6 is 0 Å². The first-order valence-corrected chi connectivity index (χ1v) is 30.9. The van der Waals surface area contributed by atoms with Crippen molar-refractivity contribution >= 4 is 55.4 Å². The Labute approximate surface area is 482 Å². The number of hydrogen-bond acceptors (Lipinski definition) is 18. The number of amides is 1. The third kappa shape index (κ3) is 10.2. The van der Waals surface area contributed by atoms with Crippen LogP contribution < -0.4 is 34.0 Å². The van der Waals surface area contributed by atoms with E-state index in [1.54, 1.807) is 6.07 Å². The first-order valence-electron chi connectivity index (χ1n) is 29.4. The number of aromatic nitrogens is 3. The molecule has 3 N–H and O–H groups in total. The van der Waals surface area contributed by atoms with Gasteiger partial charge in [-0.25, -0.2) is 13.1 Å². The molecule has 83 heavy (non-hydrogen) atoms. The Bertz CT molecular complexity index is 3560. The van der Waals surface area contributed by atoms with E-state index < -0.39 is 37.5 Å². The number of nitrogens with zero attached hydrogens (tertiary/aromatic N) is 7. The van der Waals surface area contributed by atoms with Crippen molar-refractivity contribution in [3.05, 3.63) is 124 Å². The summed E-state index contributed by atoms with van der Waals surface area (Å²) in [7, 11) is -4.72. The van der Waals surface area contributed by atoms with Crippen molar-refractivity contribution in [3.63, 3.8) is 0 Å². The van der Waals surface area contributed by atoms with Gasteiger partial charge < -0.3 is 48.5 Å². The summed E-state index contributed by atoms with van der Waals surface area (Å²) < 4.78 is 68.1. The highest BCUT2D eigenvalue weighted by Crippen LogP contribution is 2.55. The minimum absolute atomic E-state index is 0.0239. The Hall–Kier alpha value is -7.08. The van der Waals surface area contributed by atoms with Crippen molar-refractivity contribution in [2.45, 2.75) is 113 Å². The number of pyridine rings is 2. The molecule has 22 heteroatoms. The van der Waals surface area contributed by atoms with Gasteiger partial charge in [0.25, 0.3) is 21.6 Å². The smallest absolute Gasteiger partial charge is 0.297 e. The summed E-state index contributed by atoms with van der Waals surface area (Å²) in [6, 6.07) is 22.5. The van der Waals surface area contributed by atoms with Gasteiger partial charge in [-0.15, -0.1) is 0 Å². The van der Waals surface area contributed by atoms with Crippen LogP contribution in [0.25, 0.3) is 11.0 Å². The number of piperidine rings is 1. The largest absolute Gasteiger partial charge is 0.491 e. The second-order valence-corrected chi connectivity index (χ2v) is 25.7. The number of nitro benzene ring substituents is 1. The van der Waals surface area contributed by atoms with Crippen molar-refractivity contribution in [1.82, 2.24) is 29.5 Å². The van der Waals surface area contributed by atoms with E-state index in [1.165, 1.54) is 22.8 Å². The molecule has 1 spiro atoms. The van der Waals surface area contributed by atoms with E-state index in [-0.39, 0.29) is 71.8 Å². The summed E-state index contributed by atoms with van der Waals surface area (Å²) >= 11 is 0. The number of benzene rings is 3. The van der Waals surface area contributed by atoms with Crippen molar-refractivity contribution < 1.29 is 46.6 Å². The molecule has 6 aromatic rings. The van der Waals surface area contributed by atoms with E-state index in [4.69, 9.17) is 33.4 Å². The van der Waals surface area contributed by atoms with Crippen LogP contribution in [0.5, 0.6) is 17.4 Å². The molecular weight excluding hydrogens is 1080 g/mol. The van der Waals surface area contributed by atoms with Gasteiger partial charge >= 0.3 is 0 Å². The third-order valence-electron chi connectivity index (χ3n) is 18.8. The lowest BCUT2D eigenvalue weighted by atomic mass is 9.59. The number of carbonyl (C=O) groups is 1. The zero-order chi connectivity index (χ0) is 56.6. The van der Waals surface area contributed by atoms with Gasteiger partial charge in [0.15, 0.2) is 11.4 Å². The number of aromatic amines is 1. The highest BCUT2D eigenvalue weighted by molar-refractivity contribution is 7.90. The zero-order valence-electron chi connectivity index (χ0n) is 46.7. The maximum Gasteiger partial charge on any atom is 0.297 e. The number of carbonyl (C=O) groups excluding carboxylic acids is 1. The van der Waals surface area contributed by atoms with Crippen molar-refractivity contribution in [2.24, 2.45) is 11.3 Å². The standard InChI is InChI=1S/C61H70N10O11S/c1-37(2)81-54-6-4-3-5-44(54)52-32-68(53-35-79-33-40-9-16-62-31-46(40)53)20-21-69(52)42-29-61(30-42)14-18-67(19-15-61)41-7-8-45(49(26-41)70-48-13-24-78-36-56(48)82-60-51(70)25-39-10-17-63-58(39)65-60)59(72)66-83(75,76)43-27-50(71(73)74)57-55(28-43)80-34-47(64-57)38-11-22-77-23-12-38/h3-10,16-17,25-28,31,37-38,42,47-48,52-53,56,64H,11-15,18-24,29-30,32-36H2,1-2H3,(H,63,65)(H,66,72)/t47-,48-,52-,53-,56-/m0/s1. The Morgan fingerprint density at radius 3 is 2.55 bits per heavy atom. The number of nitro groups is 1. The molecule has 1 amide bonds. The highest BCUT2D eigenvalue weighted by atomic mass is 32.2. The molecule has 21 nitrogen and oxygen atoms in total. The number of piperazine rings is 1. The second kappa shape index (κ2) is 21.8. The summed E-state index contributed by atoms with van der Waals surface area (Å²) in [5, 5.41) is 16.7. The number of sulfonamides is 1. The van der Waals surface area contributed by atoms with E-state index in [9.17, 15) is 23.3 Å². The third-order valence-corrected chi connectivity index (χ3v) is 20.1. The molecule has 1 saturated carbocycles. The number of para-hydroxylation sites is 1. The minimum Gasteiger partial charge on any atom is -0.491 e. The predicted molar refractivity (Wildman–Crippen MR) is 309 cm³/mol. The van der Waals surface area contributed by atoms with Gasteiger partial charge in [0.1, 0.15) is 29.8 Å². The maximum atomic E-state index is 15.0. The van der Waals surface area contributed by atoms with Crippen LogP contribution in [0.15, 0.2) is 96.3 Å². The van der Waals surface area contributed by atoms with Gasteiger partial charge in [0, 0.05) is 106 Å². The normalized spacial score (nSPS) is 24.8. The summed E-state index contributed by atoms with van der Waals surface area (Å²) in [6.07, 6.45) is 11.5. The summed E-state index contributed by atoms with van der Waals surface area (Å²) in [5.74, 6) is 0.574. The number of fused-ring (bicyclic) bond motifs is 5. The average Bonchev–Trinajstić information content (AvgIpc) is 4.15. The Balaban J connectivity index is 0.740. The van der Waals surface area contributed by atoms with Gasteiger partial charge in [-0.1, -0.05) is 18.2 Å². The molecule has 3 aromatic carbocycles. The van der Waals surface area contributed by atoms with E-state index in [2.05, 4.69) is 83.8 Å². The van der Waals surface area contributed by atoms with Crippen LogP contribution in [0.4, 0.5) is 28.4 Å². The van der Waals surface area contributed by atoms with E-state index in [0.29, 0.717) is 68.4 Å². The van der Waals surface area contributed by atoms with E-state index >= 15 is 0 Å². The van der Waals surface area contributed by atoms with Gasteiger partial charge in [-0.3, -0.25) is 29.7 Å². The molecule has 8 aliphatic rings. The maximum absolute atomic E-state index is 15.0.